The zero-order valence-electron chi connectivity index (χ0n) is 14.6. The minimum absolute atomic E-state index is 0.114. The first kappa shape index (κ1) is 17.0. The molecule has 0 unspecified atom stereocenters. The summed E-state index contributed by atoms with van der Waals surface area (Å²) in [4.78, 5) is 19.2. The number of hydrogen-bond acceptors (Lipinski definition) is 6. The number of rotatable bonds is 5. The smallest absolute Gasteiger partial charge is 0.247 e. The van der Waals surface area contributed by atoms with Crippen LogP contribution in [0.25, 0.3) is 11.4 Å². The maximum atomic E-state index is 12.8. The summed E-state index contributed by atoms with van der Waals surface area (Å²) >= 11 is 1.61. The van der Waals surface area contributed by atoms with Crippen LogP contribution in [0.5, 0.6) is 0 Å². The number of hydrogen-bond donors (Lipinski definition) is 0. The Morgan fingerprint density at radius 1 is 1.50 bits per heavy atom. The van der Waals surface area contributed by atoms with Crippen molar-refractivity contribution < 1.29 is 9.32 Å². The Balaban J connectivity index is 1.38. The molecule has 0 radical (unpaired) electrons. The second-order valence-corrected chi connectivity index (χ2v) is 7.46. The van der Waals surface area contributed by atoms with E-state index >= 15 is 0 Å². The van der Waals surface area contributed by atoms with Crippen molar-refractivity contribution in [3.63, 3.8) is 0 Å². The van der Waals surface area contributed by atoms with Crippen LogP contribution in [0.2, 0.25) is 0 Å². The molecule has 1 aliphatic rings. The minimum atomic E-state index is -0.280. The van der Waals surface area contributed by atoms with E-state index in [9.17, 15) is 4.79 Å². The third-order valence-corrected chi connectivity index (χ3v) is 5.50. The van der Waals surface area contributed by atoms with E-state index in [1.807, 2.05) is 40.9 Å². The summed E-state index contributed by atoms with van der Waals surface area (Å²) in [6, 6.07) is 3.54. The standard InChI is InChI=1S/C18H21N5O2S/c1-13(23-8-3-6-19-23)18(24)22-7-2-4-14(11-22)10-16-20-17(21-25-16)15-5-9-26-12-15/h3,5-6,8-9,12-14H,2,4,7,10-11H2,1H3/t13-,14+/m0/s1. The lowest BCUT2D eigenvalue weighted by molar-refractivity contribution is -0.136. The van der Waals surface area contributed by atoms with Gasteiger partial charge in [0.2, 0.25) is 17.6 Å². The molecule has 4 heterocycles. The van der Waals surface area contributed by atoms with Gasteiger partial charge in [0.25, 0.3) is 0 Å². The largest absolute Gasteiger partial charge is 0.341 e. The van der Waals surface area contributed by atoms with Gasteiger partial charge in [-0.1, -0.05) is 5.16 Å². The molecule has 3 aromatic rings. The van der Waals surface area contributed by atoms with Crippen LogP contribution in [0.4, 0.5) is 0 Å². The summed E-state index contributed by atoms with van der Waals surface area (Å²) in [6.07, 6.45) is 6.29. The Labute approximate surface area is 155 Å². The molecule has 8 heteroatoms. The van der Waals surface area contributed by atoms with Crippen molar-refractivity contribution in [2.24, 2.45) is 5.92 Å². The SMILES string of the molecule is C[C@@H](C(=O)N1CCC[C@H](Cc2nc(-c3ccsc3)no2)C1)n1cccn1. The van der Waals surface area contributed by atoms with Crippen molar-refractivity contribution in [1.29, 1.82) is 0 Å². The molecule has 0 saturated carbocycles. The lowest BCUT2D eigenvalue weighted by Crippen LogP contribution is -2.43. The maximum absolute atomic E-state index is 12.8. The van der Waals surface area contributed by atoms with Gasteiger partial charge in [0.1, 0.15) is 6.04 Å². The quantitative estimate of drug-likeness (QED) is 0.689. The van der Waals surface area contributed by atoms with Crippen LogP contribution >= 0.6 is 11.3 Å². The first-order valence-corrected chi connectivity index (χ1v) is 9.78. The van der Waals surface area contributed by atoms with Crippen molar-refractivity contribution in [2.45, 2.75) is 32.2 Å². The van der Waals surface area contributed by atoms with Crippen molar-refractivity contribution in [3.8, 4) is 11.4 Å². The number of nitrogens with zero attached hydrogens (tertiary/aromatic N) is 5. The summed E-state index contributed by atoms with van der Waals surface area (Å²) in [5.41, 5.74) is 0.985. The van der Waals surface area contributed by atoms with E-state index in [0.717, 1.165) is 31.5 Å². The third kappa shape index (κ3) is 3.55. The highest BCUT2D eigenvalue weighted by Gasteiger charge is 2.28. The van der Waals surface area contributed by atoms with Gasteiger partial charge >= 0.3 is 0 Å². The fourth-order valence-electron chi connectivity index (χ4n) is 3.41. The van der Waals surface area contributed by atoms with Gasteiger partial charge in [0, 0.05) is 42.8 Å². The van der Waals surface area contributed by atoms with Crippen LogP contribution < -0.4 is 0 Å². The molecule has 4 rings (SSSR count). The van der Waals surface area contributed by atoms with Gasteiger partial charge in [-0.25, -0.2) is 0 Å². The zero-order chi connectivity index (χ0) is 17.9. The summed E-state index contributed by atoms with van der Waals surface area (Å²) < 4.78 is 7.12. The molecule has 2 atom stereocenters. The number of carbonyl (C=O) groups is 1. The lowest BCUT2D eigenvalue weighted by Gasteiger charge is -2.33. The van der Waals surface area contributed by atoms with Crippen LogP contribution in [0.3, 0.4) is 0 Å². The maximum Gasteiger partial charge on any atom is 0.247 e. The molecule has 0 aliphatic carbocycles. The van der Waals surface area contributed by atoms with Gasteiger partial charge in [-0.15, -0.1) is 0 Å². The van der Waals surface area contributed by atoms with Gasteiger partial charge in [0.15, 0.2) is 0 Å². The van der Waals surface area contributed by atoms with E-state index in [4.69, 9.17) is 4.52 Å². The number of aromatic nitrogens is 4. The van der Waals surface area contributed by atoms with E-state index in [1.54, 1.807) is 22.2 Å². The Kier molecular flexibility index (Phi) is 4.83. The second kappa shape index (κ2) is 7.41. The summed E-state index contributed by atoms with van der Waals surface area (Å²) in [6.45, 7) is 3.41. The molecule has 1 amide bonds. The molecule has 136 valence electrons. The van der Waals surface area contributed by atoms with Gasteiger partial charge in [-0.05, 0) is 43.2 Å². The first-order valence-electron chi connectivity index (χ1n) is 8.84. The molecule has 3 aromatic heterocycles. The van der Waals surface area contributed by atoms with Crippen LogP contribution in [-0.2, 0) is 11.2 Å². The number of thiophene rings is 1. The Morgan fingerprint density at radius 2 is 2.42 bits per heavy atom. The Hall–Kier alpha value is -2.48. The summed E-state index contributed by atoms with van der Waals surface area (Å²) in [5, 5.41) is 12.3. The van der Waals surface area contributed by atoms with E-state index in [0.29, 0.717) is 24.1 Å². The average Bonchev–Trinajstić information content (AvgIpc) is 3.42. The second-order valence-electron chi connectivity index (χ2n) is 6.68. The van der Waals surface area contributed by atoms with Gasteiger partial charge in [0.05, 0.1) is 0 Å². The fourth-order valence-corrected chi connectivity index (χ4v) is 4.05. The van der Waals surface area contributed by atoms with Crippen LogP contribution in [0.1, 0.15) is 31.7 Å². The molecule has 1 saturated heterocycles. The number of likely N-dealkylation sites (tertiary alicyclic amines) is 1. The molecule has 1 aliphatic heterocycles. The number of piperidine rings is 1. The fraction of sp³-hybridized carbons (Fsp3) is 0.444. The highest BCUT2D eigenvalue weighted by Crippen LogP contribution is 2.24. The lowest BCUT2D eigenvalue weighted by atomic mass is 9.94. The molecule has 7 nitrogen and oxygen atoms in total. The normalized spacial score (nSPS) is 18.8. The molecule has 0 N–H and O–H groups in total. The van der Waals surface area contributed by atoms with Crippen molar-refractivity contribution in [3.05, 3.63) is 41.2 Å². The van der Waals surface area contributed by atoms with E-state index in [-0.39, 0.29) is 11.9 Å². The molecule has 1 fully saturated rings. The highest BCUT2D eigenvalue weighted by molar-refractivity contribution is 7.08. The van der Waals surface area contributed by atoms with Crippen molar-refractivity contribution in [2.75, 3.05) is 13.1 Å². The average molecular weight is 371 g/mol. The van der Waals surface area contributed by atoms with Crippen LogP contribution in [0, 0.1) is 5.92 Å². The van der Waals surface area contributed by atoms with Gasteiger partial charge in [-0.3, -0.25) is 9.48 Å². The molecule has 26 heavy (non-hydrogen) atoms. The minimum Gasteiger partial charge on any atom is -0.341 e. The van der Waals surface area contributed by atoms with E-state index in [1.165, 1.54) is 0 Å². The first-order chi connectivity index (χ1) is 12.7. The number of amides is 1. The molecule has 0 bridgehead atoms. The predicted molar refractivity (Wildman–Crippen MR) is 97.6 cm³/mol. The summed E-state index contributed by atoms with van der Waals surface area (Å²) in [5.74, 6) is 1.74. The third-order valence-electron chi connectivity index (χ3n) is 4.82. The van der Waals surface area contributed by atoms with Gasteiger partial charge in [-0.2, -0.15) is 21.4 Å². The van der Waals surface area contributed by atoms with Crippen LogP contribution in [-0.4, -0.2) is 43.8 Å². The van der Waals surface area contributed by atoms with Crippen LogP contribution in [0.15, 0.2) is 39.8 Å². The van der Waals surface area contributed by atoms with Crippen molar-refractivity contribution in [1.82, 2.24) is 24.8 Å². The molecule has 0 spiro atoms. The molecule has 0 aromatic carbocycles. The highest BCUT2D eigenvalue weighted by atomic mass is 32.1. The topological polar surface area (TPSA) is 77.0 Å². The molecular weight excluding hydrogens is 350 g/mol. The van der Waals surface area contributed by atoms with E-state index < -0.39 is 0 Å². The van der Waals surface area contributed by atoms with E-state index in [2.05, 4.69) is 15.2 Å². The predicted octanol–water partition coefficient (Wildman–Crippen LogP) is 3.04. The zero-order valence-corrected chi connectivity index (χ0v) is 15.4. The summed E-state index contributed by atoms with van der Waals surface area (Å²) in [7, 11) is 0. The Morgan fingerprint density at radius 3 is 3.19 bits per heavy atom. The van der Waals surface area contributed by atoms with Gasteiger partial charge < -0.3 is 9.42 Å². The monoisotopic (exact) mass is 371 g/mol. The number of carbonyl (C=O) groups excluding carboxylic acids is 1. The van der Waals surface area contributed by atoms with Crippen molar-refractivity contribution >= 4 is 17.2 Å². The Bertz CT molecular complexity index is 843. The molecular formula is C18H21N5O2S.